The number of fused-ring (bicyclic) bond motifs is 1. The van der Waals surface area contributed by atoms with Gasteiger partial charge in [0.1, 0.15) is 17.6 Å². The Hall–Kier alpha value is -3.53. The molecule has 7 heteroatoms. The van der Waals surface area contributed by atoms with E-state index >= 15 is 0 Å². The number of nitriles is 1. The predicted octanol–water partition coefficient (Wildman–Crippen LogP) is 2.75. The summed E-state index contributed by atoms with van der Waals surface area (Å²) in [6.45, 7) is 5.15. The summed E-state index contributed by atoms with van der Waals surface area (Å²) in [4.78, 5) is 24.3. The number of pyridine rings is 1. The summed E-state index contributed by atoms with van der Waals surface area (Å²) in [7, 11) is 0. The van der Waals surface area contributed by atoms with Gasteiger partial charge in [0.05, 0.1) is 17.3 Å². The maximum atomic E-state index is 11.9. The second-order valence-corrected chi connectivity index (χ2v) is 6.25. The molecule has 3 rings (SSSR count). The van der Waals surface area contributed by atoms with Crippen LogP contribution in [-0.4, -0.2) is 33.9 Å². The van der Waals surface area contributed by atoms with E-state index in [1.165, 1.54) is 24.2 Å². The molecule has 0 saturated carbocycles. The molecule has 1 amide bonds. The van der Waals surface area contributed by atoms with Crippen LogP contribution >= 0.6 is 0 Å². The monoisotopic (exact) mass is 360 g/mol. The third-order valence-corrected chi connectivity index (χ3v) is 4.28. The molecule has 0 spiro atoms. The maximum absolute atomic E-state index is 11.9. The van der Waals surface area contributed by atoms with Crippen molar-refractivity contribution in [2.75, 3.05) is 18.4 Å². The van der Waals surface area contributed by atoms with Crippen molar-refractivity contribution in [2.45, 2.75) is 20.3 Å². The van der Waals surface area contributed by atoms with Crippen molar-refractivity contribution in [3.63, 3.8) is 0 Å². The molecule has 0 aliphatic rings. The van der Waals surface area contributed by atoms with Crippen molar-refractivity contribution in [2.24, 2.45) is 0 Å². The second-order valence-electron chi connectivity index (χ2n) is 6.25. The van der Waals surface area contributed by atoms with E-state index in [1.54, 1.807) is 0 Å². The number of carbonyl (C=O) groups excluding carboxylic acids is 1. The van der Waals surface area contributed by atoms with Gasteiger partial charge in [0.15, 0.2) is 0 Å². The van der Waals surface area contributed by atoms with Gasteiger partial charge in [-0.3, -0.25) is 9.78 Å². The molecule has 2 heterocycles. The summed E-state index contributed by atoms with van der Waals surface area (Å²) in [5.41, 5.74) is 3.99. The van der Waals surface area contributed by atoms with E-state index in [1.807, 2.05) is 32.0 Å². The Labute approximate surface area is 157 Å². The average molecular weight is 360 g/mol. The molecule has 0 unspecified atom stereocenters. The molecule has 0 saturated heterocycles. The molecule has 0 aliphatic heterocycles. The molecule has 7 nitrogen and oxygen atoms in total. The molecule has 0 fully saturated rings. The van der Waals surface area contributed by atoms with Crippen molar-refractivity contribution in [3.05, 3.63) is 59.2 Å². The number of rotatable bonds is 6. The van der Waals surface area contributed by atoms with Crippen molar-refractivity contribution in [1.29, 1.82) is 5.26 Å². The minimum Gasteiger partial charge on any atom is -0.369 e. The first kappa shape index (κ1) is 18.3. The molecule has 136 valence electrons. The van der Waals surface area contributed by atoms with Crippen molar-refractivity contribution < 1.29 is 4.79 Å². The van der Waals surface area contributed by atoms with Crippen LogP contribution in [0.15, 0.2) is 36.8 Å². The number of anilines is 1. The fourth-order valence-corrected chi connectivity index (χ4v) is 2.66. The summed E-state index contributed by atoms with van der Waals surface area (Å²) in [6.07, 6.45) is 5.11. The van der Waals surface area contributed by atoms with E-state index in [2.05, 4.69) is 31.7 Å². The Morgan fingerprint density at radius 1 is 1.15 bits per heavy atom. The summed E-state index contributed by atoms with van der Waals surface area (Å²) in [6, 6.07) is 8.12. The first-order chi connectivity index (χ1) is 13.1. The fraction of sp³-hybridized carbons (Fsp3) is 0.250. The van der Waals surface area contributed by atoms with Gasteiger partial charge in [0, 0.05) is 30.9 Å². The molecule has 2 aromatic heterocycles. The lowest BCUT2D eigenvalue weighted by Gasteiger charge is -2.10. The Bertz CT molecular complexity index is 1010. The SMILES string of the molecule is Cc1cc2cc(C#N)c(NCCCNC(=O)c3cnccn3)nc2cc1C. The van der Waals surface area contributed by atoms with Gasteiger partial charge in [-0.05, 0) is 49.6 Å². The van der Waals surface area contributed by atoms with Gasteiger partial charge in [-0.25, -0.2) is 9.97 Å². The van der Waals surface area contributed by atoms with Crippen LogP contribution in [0.1, 0.15) is 33.6 Å². The summed E-state index contributed by atoms with van der Waals surface area (Å²) < 4.78 is 0. The second kappa shape index (κ2) is 8.23. The van der Waals surface area contributed by atoms with E-state index in [4.69, 9.17) is 0 Å². The lowest BCUT2D eigenvalue weighted by Crippen LogP contribution is -2.26. The van der Waals surface area contributed by atoms with Crippen LogP contribution in [0.4, 0.5) is 5.82 Å². The van der Waals surface area contributed by atoms with Crippen LogP contribution in [0.2, 0.25) is 0 Å². The maximum Gasteiger partial charge on any atom is 0.271 e. The highest BCUT2D eigenvalue weighted by Crippen LogP contribution is 2.23. The number of nitrogens with one attached hydrogen (secondary N) is 2. The third kappa shape index (κ3) is 4.36. The minimum absolute atomic E-state index is 0.254. The summed E-state index contributed by atoms with van der Waals surface area (Å²) in [5.74, 6) is 0.309. The zero-order valence-corrected chi connectivity index (χ0v) is 15.3. The van der Waals surface area contributed by atoms with E-state index in [0.29, 0.717) is 36.6 Å². The van der Waals surface area contributed by atoms with Gasteiger partial charge in [0.2, 0.25) is 0 Å². The number of benzene rings is 1. The molecule has 0 radical (unpaired) electrons. The molecular weight excluding hydrogens is 340 g/mol. The zero-order valence-electron chi connectivity index (χ0n) is 15.3. The van der Waals surface area contributed by atoms with Gasteiger partial charge in [-0.1, -0.05) is 0 Å². The number of aryl methyl sites for hydroxylation is 2. The van der Waals surface area contributed by atoms with Gasteiger partial charge in [-0.15, -0.1) is 0 Å². The first-order valence-corrected chi connectivity index (χ1v) is 8.68. The lowest BCUT2D eigenvalue weighted by atomic mass is 10.0. The average Bonchev–Trinajstić information content (AvgIpc) is 2.69. The number of hydrogen-bond donors (Lipinski definition) is 2. The van der Waals surface area contributed by atoms with Gasteiger partial charge < -0.3 is 10.6 Å². The van der Waals surface area contributed by atoms with Crippen molar-refractivity contribution >= 4 is 22.6 Å². The van der Waals surface area contributed by atoms with Crippen LogP contribution in [0.3, 0.4) is 0 Å². The number of hydrogen-bond acceptors (Lipinski definition) is 6. The molecule has 2 N–H and O–H groups in total. The van der Waals surface area contributed by atoms with E-state index in [-0.39, 0.29) is 5.91 Å². The highest BCUT2D eigenvalue weighted by Gasteiger charge is 2.09. The van der Waals surface area contributed by atoms with E-state index in [0.717, 1.165) is 16.5 Å². The van der Waals surface area contributed by atoms with E-state index < -0.39 is 0 Å². The number of nitrogens with zero attached hydrogens (tertiary/aromatic N) is 4. The van der Waals surface area contributed by atoms with Crippen LogP contribution in [0.25, 0.3) is 10.9 Å². The molecule has 27 heavy (non-hydrogen) atoms. The first-order valence-electron chi connectivity index (χ1n) is 8.68. The Morgan fingerprint density at radius 2 is 1.96 bits per heavy atom. The number of amides is 1. The largest absolute Gasteiger partial charge is 0.369 e. The summed E-state index contributed by atoms with van der Waals surface area (Å²) in [5, 5.41) is 16.3. The van der Waals surface area contributed by atoms with Crippen molar-refractivity contribution in [1.82, 2.24) is 20.3 Å². The number of aromatic nitrogens is 3. The predicted molar refractivity (Wildman–Crippen MR) is 103 cm³/mol. The highest BCUT2D eigenvalue weighted by molar-refractivity contribution is 5.91. The highest BCUT2D eigenvalue weighted by atomic mass is 16.1. The fourth-order valence-electron chi connectivity index (χ4n) is 2.66. The molecule has 0 atom stereocenters. The molecular formula is C20H20N6O. The Kier molecular flexibility index (Phi) is 5.57. The quantitative estimate of drug-likeness (QED) is 0.655. The van der Waals surface area contributed by atoms with Crippen LogP contribution in [0.5, 0.6) is 0 Å². The minimum atomic E-state index is -0.254. The van der Waals surface area contributed by atoms with E-state index in [9.17, 15) is 10.1 Å². The normalized spacial score (nSPS) is 10.4. The molecule has 3 aromatic rings. The van der Waals surface area contributed by atoms with Gasteiger partial charge >= 0.3 is 0 Å². The third-order valence-electron chi connectivity index (χ3n) is 4.28. The smallest absolute Gasteiger partial charge is 0.271 e. The molecule has 0 aliphatic carbocycles. The topological polar surface area (TPSA) is 104 Å². The Balaban J connectivity index is 1.59. The zero-order chi connectivity index (χ0) is 19.2. The van der Waals surface area contributed by atoms with Crippen LogP contribution in [0, 0.1) is 25.2 Å². The van der Waals surface area contributed by atoms with Crippen molar-refractivity contribution in [3.8, 4) is 6.07 Å². The van der Waals surface area contributed by atoms with Crippen LogP contribution in [-0.2, 0) is 0 Å². The lowest BCUT2D eigenvalue weighted by molar-refractivity contribution is 0.0948. The molecule has 0 bridgehead atoms. The standard InChI is InChI=1S/C20H20N6O/c1-13-8-15-10-16(11-21)19(26-17(15)9-14(13)2)24-4-3-5-25-20(27)18-12-22-6-7-23-18/h6-10,12H,3-5H2,1-2H3,(H,24,26)(H,25,27). The molecule has 1 aromatic carbocycles. The Morgan fingerprint density at radius 3 is 2.70 bits per heavy atom. The summed E-state index contributed by atoms with van der Waals surface area (Å²) >= 11 is 0. The van der Waals surface area contributed by atoms with Gasteiger partial charge in [0.25, 0.3) is 5.91 Å². The number of carbonyl (C=O) groups is 1. The van der Waals surface area contributed by atoms with Gasteiger partial charge in [-0.2, -0.15) is 5.26 Å². The van der Waals surface area contributed by atoms with Crippen LogP contribution < -0.4 is 10.6 Å².